The van der Waals surface area contributed by atoms with Gasteiger partial charge in [0, 0.05) is 0 Å². The summed E-state index contributed by atoms with van der Waals surface area (Å²) >= 11 is 0. The summed E-state index contributed by atoms with van der Waals surface area (Å²) in [5.74, 6) is -0.339. The fourth-order valence-corrected chi connectivity index (χ4v) is 5.83. The predicted octanol–water partition coefficient (Wildman–Crippen LogP) is 8.43. The molecule has 0 aromatic heterocycles. The molecule has 5 nitrogen and oxygen atoms in total. The molecular formula is C32H54O5. The second-order valence-corrected chi connectivity index (χ2v) is 10.7. The van der Waals surface area contributed by atoms with Gasteiger partial charge in [-0.3, -0.25) is 9.59 Å². The van der Waals surface area contributed by atoms with Crippen molar-refractivity contribution in [3.8, 4) is 0 Å². The minimum Gasteiger partial charge on any atom is -0.461 e. The summed E-state index contributed by atoms with van der Waals surface area (Å²) in [5, 5.41) is 0. The first-order valence-electron chi connectivity index (χ1n) is 14.9. The van der Waals surface area contributed by atoms with Gasteiger partial charge in [0.25, 0.3) is 0 Å². The summed E-state index contributed by atoms with van der Waals surface area (Å²) in [6.07, 6.45) is 9.79. The Morgan fingerprint density at radius 3 is 1.51 bits per heavy atom. The molecule has 0 radical (unpaired) electrons. The smallest absolute Gasteiger partial charge is 0.312 e. The van der Waals surface area contributed by atoms with Crippen molar-refractivity contribution in [3.05, 3.63) is 35.9 Å². The van der Waals surface area contributed by atoms with Crippen molar-refractivity contribution in [2.45, 2.75) is 131 Å². The van der Waals surface area contributed by atoms with Gasteiger partial charge in [0.1, 0.15) is 6.61 Å². The van der Waals surface area contributed by atoms with E-state index in [4.69, 9.17) is 14.2 Å². The molecular weight excluding hydrogens is 464 g/mol. The highest BCUT2D eigenvalue weighted by molar-refractivity contribution is 5.78. The minimum absolute atomic E-state index is 0.0265. The maximum absolute atomic E-state index is 13.6. The second kappa shape index (κ2) is 18.4. The van der Waals surface area contributed by atoms with Crippen molar-refractivity contribution >= 4 is 11.9 Å². The number of carbonyl (C=O) groups is 2. The van der Waals surface area contributed by atoms with Crippen LogP contribution in [-0.4, -0.2) is 31.3 Å². The highest BCUT2D eigenvalue weighted by atomic mass is 16.6. The standard InChI is InChI=1S/C32H54O5/c1-7-18-31(19-8-2,20-9-3)29(33)36-26-28(25-35-24-27-16-14-13-15-17-27)37-30(34)32(21-10-4,22-11-5)23-12-6/h13-17,28H,7-12,18-26H2,1-6H3. The van der Waals surface area contributed by atoms with Crippen molar-refractivity contribution in [3.63, 3.8) is 0 Å². The lowest BCUT2D eigenvalue weighted by Crippen LogP contribution is -2.40. The lowest BCUT2D eigenvalue weighted by molar-refractivity contribution is -0.177. The molecule has 0 saturated carbocycles. The Bertz CT molecular complexity index is 711. The summed E-state index contributed by atoms with van der Waals surface area (Å²) in [6, 6.07) is 9.93. The van der Waals surface area contributed by atoms with Crippen LogP contribution < -0.4 is 0 Å². The fraction of sp³-hybridized carbons (Fsp3) is 0.750. The van der Waals surface area contributed by atoms with E-state index in [1.165, 1.54) is 0 Å². The van der Waals surface area contributed by atoms with Crippen LogP contribution in [0.25, 0.3) is 0 Å². The Balaban J connectivity index is 3.06. The van der Waals surface area contributed by atoms with Gasteiger partial charge in [0.2, 0.25) is 0 Å². The van der Waals surface area contributed by atoms with Crippen LogP contribution in [0.15, 0.2) is 30.3 Å². The molecule has 0 bridgehead atoms. The van der Waals surface area contributed by atoms with Crippen LogP contribution in [0.5, 0.6) is 0 Å². The fourth-order valence-electron chi connectivity index (χ4n) is 5.83. The van der Waals surface area contributed by atoms with Crippen molar-refractivity contribution in [2.24, 2.45) is 10.8 Å². The second-order valence-electron chi connectivity index (χ2n) is 10.7. The molecule has 0 aliphatic heterocycles. The monoisotopic (exact) mass is 518 g/mol. The average Bonchev–Trinajstić information content (AvgIpc) is 2.88. The zero-order valence-corrected chi connectivity index (χ0v) is 24.6. The molecule has 0 saturated heterocycles. The van der Waals surface area contributed by atoms with E-state index >= 15 is 0 Å². The number of hydrogen-bond acceptors (Lipinski definition) is 5. The number of rotatable bonds is 21. The Kier molecular flexibility index (Phi) is 16.5. The number of hydrogen-bond donors (Lipinski definition) is 0. The molecule has 0 aliphatic carbocycles. The van der Waals surface area contributed by atoms with Crippen LogP contribution in [0.4, 0.5) is 0 Å². The Hall–Kier alpha value is -1.88. The Labute approximate surface area is 227 Å². The van der Waals surface area contributed by atoms with Gasteiger partial charge < -0.3 is 14.2 Å². The van der Waals surface area contributed by atoms with E-state index in [9.17, 15) is 9.59 Å². The van der Waals surface area contributed by atoms with Crippen LogP contribution >= 0.6 is 0 Å². The molecule has 0 fully saturated rings. The normalized spacial score (nSPS) is 12.8. The lowest BCUT2D eigenvalue weighted by Gasteiger charge is -2.34. The van der Waals surface area contributed by atoms with E-state index in [1.54, 1.807) is 0 Å². The zero-order valence-electron chi connectivity index (χ0n) is 24.6. The van der Waals surface area contributed by atoms with E-state index in [1.807, 2.05) is 30.3 Å². The summed E-state index contributed by atoms with van der Waals surface area (Å²) in [7, 11) is 0. The van der Waals surface area contributed by atoms with Gasteiger partial charge in [0.15, 0.2) is 6.10 Å². The molecule has 5 heteroatoms. The summed E-state index contributed by atoms with van der Waals surface area (Å²) in [4.78, 5) is 27.0. The van der Waals surface area contributed by atoms with Crippen LogP contribution in [0.3, 0.4) is 0 Å². The maximum Gasteiger partial charge on any atom is 0.312 e. The molecule has 1 atom stereocenters. The molecule has 0 amide bonds. The van der Waals surface area contributed by atoms with Gasteiger partial charge in [-0.2, -0.15) is 0 Å². The van der Waals surface area contributed by atoms with Gasteiger partial charge in [-0.15, -0.1) is 0 Å². The predicted molar refractivity (Wildman–Crippen MR) is 151 cm³/mol. The Morgan fingerprint density at radius 1 is 0.649 bits per heavy atom. The minimum atomic E-state index is -0.632. The van der Waals surface area contributed by atoms with Crippen molar-refractivity contribution < 1.29 is 23.8 Å². The number of esters is 2. The van der Waals surface area contributed by atoms with Gasteiger partial charge in [0.05, 0.1) is 24.0 Å². The van der Waals surface area contributed by atoms with Crippen LogP contribution in [0.1, 0.15) is 124 Å². The molecule has 1 unspecified atom stereocenters. The quantitative estimate of drug-likeness (QED) is 0.153. The van der Waals surface area contributed by atoms with Crippen molar-refractivity contribution in [1.29, 1.82) is 0 Å². The highest BCUT2D eigenvalue weighted by Crippen LogP contribution is 2.38. The van der Waals surface area contributed by atoms with Gasteiger partial charge in [-0.05, 0) is 44.1 Å². The van der Waals surface area contributed by atoms with Gasteiger partial charge in [-0.25, -0.2) is 0 Å². The van der Waals surface area contributed by atoms with Gasteiger partial charge >= 0.3 is 11.9 Å². The van der Waals surface area contributed by atoms with Gasteiger partial charge in [-0.1, -0.05) is 110 Å². The Morgan fingerprint density at radius 2 is 1.08 bits per heavy atom. The van der Waals surface area contributed by atoms with E-state index in [0.29, 0.717) is 6.61 Å². The molecule has 0 heterocycles. The number of carbonyl (C=O) groups excluding carboxylic acids is 2. The molecule has 1 aromatic carbocycles. The zero-order chi connectivity index (χ0) is 27.6. The summed E-state index contributed by atoms with van der Waals surface area (Å²) in [6.45, 7) is 13.3. The highest BCUT2D eigenvalue weighted by Gasteiger charge is 2.40. The maximum atomic E-state index is 13.6. The lowest BCUT2D eigenvalue weighted by atomic mass is 9.75. The molecule has 1 aromatic rings. The van der Waals surface area contributed by atoms with Crippen LogP contribution in [-0.2, 0) is 30.4 Å². The molecule has 0 aliphatic rings. The first-order valence-corrected chi connectivity index (χ1v) is 14.9. The van der Waals surface area contributed by atoms with E-state index in [-0.39, 0.29) is 25.2 Å². The third kappa shape index (κ3) is 10.8. The van der Waals surface area contributed by atoms with Crippen LogP contribution in [0.2, 0.25) is 0 Å². The molecule has 212 valence electrons. The van der Waals surface area contributed by atoms with Crippen molar-refractivity contribution in [1.82, 2.24) is 0 Å². The molecule has 0 spiro atoms. The topological polar surface area (TPSA) is 61.8 Å². The van der Waals surface area contributed by atoms with E-state index < -0.39 is 16.9 Å². The first kappa shape index (κ1) is 33.1. The van der Waals surface area contributed by atoms with E-state index in [0.717, 1.165) is 82.6 Å². The molecule has 1 rings (SSSR count). The third-order valence-corrected chi connectivity index (χ3v) is 7.33. The van der Waals surface area contributed by atoms with Crippen molar-refractivity contribution in [2.75, 3.05) is 13.2 Å². The SMILES string of the molecule is CCCC(CCC)(CCC)C(=O)OCC(COCc1ccccc1)OC(=O)C(CCC)(CCC)CCC. The third-order valence-electron chi connectivity index (χ3n) is 7.33. The largest absolute Gasteiger partial charge is 0.461 e. The molecule has 37 heavy (non-hydrogen) atoms. The summed E-state index contributed by atoms with van der Waals surface area (Å²) in [5.41, 5.74) is 0.0967. The number of benzene rings is 1. The van der Waals surface area contributed by atoms with E-state index in [2.05, 4.69) is 41.5 Å². The first-order chi connectivity index (χ1) is 17.9. The van der Waals surface area contributed by atoms with Crippen LogP contribution in [0, 0.1) is 10.8 Å². The average molecular weight is 519 g/mol. The number of ether oxygens (including phenoxy) is 3. The summed E-state index contributed by atoms with van der Waals surface area (Å²) < 4.78 is 18.0. The molecule has 0 N–H and O–H groups in total.